The highest BCUT2D eigenvalue weighted by Gasteiger charge is 2.14. The van der Waals surface area contributed by atoms with Crippen LogP contribution in [-0.2, 0) is 6.42 Å². The molecule has 100 valence electrons. The third-order valence-electron chi connectivity index (χ3n) is 2.69. The predicted octanol–water partition coefficient (Wildman–Crippen LogP) is 3.28. The van der Waals surface area contributed by atoms with Gasteiger partial charge in [0.15, 0.2) is 11.6 Å². The molecule has 0 radical (unpaired) electrons. The molecular weight excluding hydrogens is 262 g/mol. The van der Waals surface area contributed by atoms with Gasteiger partial charge in [-0.15, -0.1) is 0 Å². The van der Waals surface area contributed by atoms with Gasteiger partial charge in [0.25, 0.3) is 5.91 Å². The third-order valence-corrected chi connectivity index (χ3v) is 2.69. The van der Waals surface area contributed by atoms with Gasteiger partial charge in [-0.25, -0.2) is 8.78 Å². The van der Waals surface area contributed by atoms with Gasteiger partial charge in [-0.1, -0.05) is 18.2 Å². The van der Waals surface area contributed by atoms with Gasteiger partial charge in [0.2, 0.25) is 0 Å². The molecule has 1 amide bonds. The van der Waals surface area contributed by atoms with E-state index in [0.29, 0.717) is 5.69 Å². The van der Waals surface area contributed by atoms with Crippen molar-refractivity contribution in [3.63, 3.8) is 0 Å². The summed E-state index contributed by atoms with van der Waals surface area (Å²) in [5.74, 6) is -2.97. The Balaban J connectivity index is 2.15. The summed E-state index contributed by atoms with van der Waals surface area (Å²) in [5, 5.41) is 11.0. The number of hydrogen-bond donors (Lipinski definition) is 1. The Labute approximate surface area is 114 Å². The first-order chi connectivity index (χ1) is 9.61. The summed E-state index contributed by atoms with van der Waals surface area (Å²) in [6.45, 7) is 0. The van der Waals surface area contributed by atoms with E-state index in [1.54, 1.807) is 24.3 Å². The zero-order chi connectivity index (χ0) is 14.5. The van der Waals surface area contributed by atoms with Crippen molar-refractivity contribution in [2.24, 2.45) is 0 Å². The van der Waals surface area contributed by atoms with E-state index in [-0.39, 0.29) is 12.0 Å². The van der Waals surface area contributed by atoms with Crippen LogP contribution in [0.2, 0.25) is 0 Å². The number of carbonyl (C=O) groups excluding carboxylic acids is 1. The standard InChI is InChI=1S/C15H10F2N2O/c16-13-3-1-2-12(14(13)17)15(20)19-11-6-4-10(5-7-11)8-9-18/h1-7H,8H2,(H,19,20). The molecule has 2 aromatic rings. The van der Waals surface area contributed by atoms with E-state index in [0.717, 1.165) is 11.6 Å². The molecule has 0 unspecified atom stereocenters. The van der Waals surface area contributed by atoms with Gasteiger partial charge < -0.3 is 5.32 Å². The lowest BCUT2D eigenvalue weighted by atomic mass is 10.1. The second kappa shape index (κ2) is 5.93. The van der Waals surface area contributed by atoms with Crippen molar-refractivity contribution in [2.45, 2.75) is 6.42 Å². The maximum Gasteiger partial charge on any atom is 0.258 e. The van der Waals surface area contributed by atoms with E-state index >= 15 is 0 Å². The van der Waals surface area contributed by atoms with Crippen molar-refractivity contribution in [1.82, 2.24) is 0 Å². The molecule has 5 heteroatoms. The first-order valence-electron chi connectivity index (χ1n) is 5.83. The molecule has 0 heterocycles. The maximum atomic E-state index is 13.4. The summed E-state index contributed by atoms with van der Waals surface area (Å²) >= 11 is 0. The van der Waals surface area contributed by atoms with E-state index in [1.807, 2.05) is 6.07 Å². The van der Waals surface area contributed by atoms with Crippen LogP contribution in [0.15, 0.2) is 42.5 Å². The van der Waals surface area contributed by atoms with Crippen LogP contribution in [0.5, 0.6) is 0 Å². The first-order valence-corrected chi connectivity index (χ1v) is 5.83. The predicted molar refractivity (Wildman–Crippen MR) is 70.1 cm³/mol. The molecule has 0 aliphatic carbocycles. The lowest BCUT2D eigenvalue weighted by molar-refractivity contribution is 0.102. The Bertz CT molecular complexity index is 675. The lowest BCUT2D eigenvalue weighted by Gasteiger charge is -2.07. The summed E-state index contributed by atoms with van der Waals surface area (Å²) in [5.41, 5.74) is 0.897. The van der Waals surface area contributed by atoms with E-state index in [1.165, 1.54) is 12.1 Å². The topological polar surface area (TPSA) is 52.9 Å². The van der Waals surface area contributed by atoms with Crippen LogP contribution in [0.4, 0.5) is 14.5 Å². The normalized spacial score (nSPS) is 9.85. The van der Waals surface area contributed by atoms with Crippen molar-refractivity contribution in [1.29, 1.82) is 5.26 Å². The molecule has 2 rings (SSSR count). The number of halogens is 2. The van der Waals surface area contributed by atoms with E-state index in [4.69, 9.17) is 5.26 Å². The summed E-state index contributed by atoms with van der Waals surface area (Å²) in [6, 6.07) is 12.0. The molecule has 0 saturated heterocycles. The second-order valence-corrected chi connectivity index (χ2v) is 4.09. The highest BCUT2D eigenvalue weighted by molar-refractivity contribution is 6.04. The molecule has 0 aromatic heterocycles. The molecular formula is C15H10F2N2O. The van der Waals surface area contributed by atoms with Crippen LogP contribution in [0.25, 0.3) is 0 Å². The fourth-order valence-corrected chi connectivity index (χ4v) is 1.67. The second-order valence-electron chi connectivity index (χ2n) is 4.09. The summed E-state index contributed by atoms with van der Waals surface area (Å²) in [6.07, 6.45) is 0.271. The molecule has 0 fully saturated rings. The minimum Gasteiger partial charge on any atom is -0.322 e. The highest BCUT2D eigenvalue weighted by atomic mass is 19.2. The first kappa shape index (κ1) is 13.7. The number of amides is 1. The van der Waals surface area contributed by atoms with Gasteiger partial charge in [0, 0.05) is 5.69 Å². The smallest absolute Gasteiger partial charge is 0.258 e. The largest absolute Gasteiger partial charge is 0.322 e. The van der Waals surface area contributed by atoms with Crippen LogP contribution in [0, 0.1) is 23.0 Å². The lowest BCUT2D eigenvalue weighted by Crippen LogP contribution is -2.14. The van der Waals surface area contributed by atoms with E-state index in [2.05, 4.69) is 5.32 Å². The van der Waals surface area contributed by atoms with E-state index in [9.17, 15) is 13.6 Å². The number of hydrogen-bond acceptors (Lipinski definition) is 2. The maximum absolute atomic E-state index is 13.4. The van der Waals surface area contributed by atoms with Gasteiger partial charge in [-0.3, -0.25) is 4.79 Å². The highest BCUT2D eigenvalue weighted by Crippen LogP contribution is 2.15. The zero-order valence-electron chi connectivity index (χ0n) is 10.4. The molecule has 2 aromatic carbocycles. The van der Waals surface area contributed by atoms with Crippen molar-refractivity contribution < 1.29 is 13.6 Å². The van der Waals surface area contributed by atoms with Gasteiger partial charge in [-0.05, 0) is 29.8 Å². The quantitative estimate of drug-likeness (QED) is 0.932. The molecule has 1 N–H and O–H groups in total. The van der Waals surface area contributed by atoms with Crippen molar-refractivity contribution >= 4 is 11.6 Å². The Morgan fingerprint density at radius 1 is 1.15 bits per heavy atom. The SMILES string of the molecule is N#CCc1ccc(NC(=O)c2cccc(F)c2F)cc1. The number of rotatable bonds is 3. The average molecular weight is 272 g/mol. The Morgan fingerprint density at radius 2 is 1.85 bits per heavy atom. The Morgan fingerprint density at radius 3 is 2.50 bits per heavy atom. The average Bonchev–Trinajstić information content (AvgIpc) is 2.44. The molecule has 0 atom stereocenters. The summed E-state index contributed by atoms with van der Waals surface area (Å²) in [7, 11) is 0. The van der Waals surface area contributed by atoms with Crippen molar-refractivity contribution in [3.05, 3.63) is 65.2 Å². The number of anilines is 1. The molecule has 0 aliphatic heterocycles. The van der Waals surface area contributed by atoms with Crippen LogP contribution in [0.1, 0.15) is 15.9 Å². The van der Waals surface area contributed by atoms with Gasteiger partial charge in [-0.2, -0.15) is 5.26 Å². The zero-order valence-corrected chi connectivity index (χ0v) is 10.4. The van der Waals surface area contributed by atoms with Crippen LogP contribution in [-0.4, -0.2) is 5.91 Å². The third kappa shape index (κ3) is 2.98. The minimum atomic E-state index is -1.17. The molecule has 20 heavy (non-hydrogen) atoms. The molecule has 3 nitrogen and oxygen atoms in total. The van der Waals surface area contributed by atoms with Gasteiger partial charge in [0.1, 0.15) is 0 Å². The Hall–Kier alpha value is -2.74. The Kier molecular flexibility index (Phi) is 4.06. The fraction of sp³-hybridized carbons (Fsp3) is 0.0667. The van der Waals surface area contributed by atoms with Crippen molar-refractivity contribution in [3.8, 4) is 6.07 Å². The number of carbonyl (C=O) groups is 1. The van der Waals surface area contributed by atoms with Crippen molar-refractivity contribution in [2.75, 3.05) is 5.32 Å². The molecule has 0 aliphatic rings. The number of nitrogens with one attached hydrogen (secondary N) is 1. The molecule has 0 bridgehead atoms. The van der Waals surface area contributed by atoms with Crippen LogP contribution < -0.4 is 5.32 Å². The summed E-state index contributed by atoms with van der Waals surface area (Å²) < 4.78 is 26.5. The van der Waals surface area contributed by atoms with Gasteiger partial charge in [0.05, 0.1) is 18.1 Å². The fourth-order valence-electron chi connectivity index (χ4n) is 1.67. The summed E-state index contributed by atoms with van der Waals surface area (Å²) in [4.78, 5) is 11.8. The van der Waals surface area contributed by atoms with Gasteiger partial charge >= 0.3 is 0 Å². The molecule has 0 saturated carbocycles. The number of nitriles is 1. The minimum absolute atomic E-state index is 0.271. The van der Waals surface area contributed by atoms with Crippen LogP contribution >= 0.6 is 0 Å². The number of nitrogens with zero attached hydrogens (tertiary/aromatic N) is 1. The number of benzene rings is 2. The van der Waals surface area contributed by atoms with Crippen LogP contribution in [0.3, 0.4) is 0 Å². The molecule has 0 spiro atoms. The monoisotopic (exact) mass is 272 g/mol. The van der Waals surface area contributed by atoms with E-state index < -0.39 is 17.5 Å².